The molecule has 1 N–H and O–H groups in total. The van der Waals surface area contributed by atoms with Crippen LogP contribution in [-0.2, 0) is 8.59 Å². The molecule has 2 rings (SSSR count). The van der Waals surface area contributed by atoms with Crippen molar-refractivity contribution in [2.45, 2.75) is 16.8 Å². The number of carbonyl (C=O) groups is 1. The van der Waals surface area contributed by atoms with Gasteiger partial charge in [0, 0.05) is 0 Å². The van der Waals surface area contributed by atoms with Gasteiger partial charge in [-0.1, -0.05) is 46.9 Å². The predicted molar refractivity (Wildman–Crippen MR) is 71.3 cm³/mol. The summed E-state index contributed by atoms with van der Waals surface area (Å²) in [5, 5.41) is 9.13. The van der Waals surface area contributed by atoms with Crippen LogP contribution in [-0.4, -0.2) is 20.6 Å². The topological polar surface area (TPSA) is 55.1 Å². The molecule has 0 amide bonds. The van der Waals surface area contributed by atoms with Crippen LogP contribution in [0.2, 0.25) is 0 Å². The Bertz CT molecular complexity index is 604. The number of halogens is 3. The normalized spacial score (nSPS) is 13.8. The van der Waals surface area contributed by atoms with Gasteiger partial charge in [-0.3, -0.25) is 0 Å². The van der Waals surface area contributed by atoms with Crippen LogP contribution in [0.3, 0.4) is 0 Å². The molecular formula is C11H9Cl3N2O2. The van der Waals surface area contributed by atoms with Gasteiger partial charge in [0.05, 0.1) is 11.0 Å². The van der Waals surface area contributed by atoms with E-state index in [1.165, 1.54) is 11.5 Å². The van der Waals surface area contributed by atoms with E-state index in [0.29, 0.717) is 11.0 Å². The number of aromatic nitrogens is 2. The van der Waals surface area contributed by atoms with Crippen LogP contribution in [0.1, 0.15) is 18.8 Å². The summed E-state index contributed by atoms with van der Waals surface area (Å²) >= 11 is 17.5. The average Bonchev–Trinajstić information content (AvgIpc) is 2.66. The van der Waals surface area contributed by atoms with E-state index >= 15 is 0 Å². The Hall–Kier alpha value is -0.970. The van der Waals surface area contributed by atoms with Gasteiger partial charge in [0.15, 0.2) is 5.82 Å². The van der Waals surface area contributed by atoms with Gasteiger partial charge in [-0.2, -0.15) is 0 Å². The summed E-state index contributed by atoms with van der Waals surface area (Å²) in [4.78, 5) is 15.3. The summed E-state index contributed by atoms with van der Waals surface area (Å²) in [7, 11) is 0. The molecule has 4 nitrogen and oxygen atoms in total. The molecule has 2 aromatic rings. The Morgan fingerprint density at radius 3 is 2.56 bits per heavy atom. The summed E-state index contributed by atoms with van der Waals surface area (Å²) in [5.41, 5.74) is 1.21. The molecule has 1 heterocycles. The predicted octanol–water partition coefficient (Wildman–Crippen LogP) is 3.51. The molecule has 0 fully saturated rings. The molecule has 0 aliphatic rings. The number of aliphatic carboxylic acids is 1. The fourth-order valence-electron chi connectivity index (χ4n) is 1.75. The van der Waals surface area contributed by atoms with E-state index in [1.54, 1.807) is 24.3 Å². The monoisotopic (exact) mass is 306 g/mol. The van der Waals surface area contributed by atoms with Gasteiger partial charge < -0.3 is 9.67 Å². The third-order valence-corrected chi connectivity index (χ3v) is 3.10. The van der Waals surface area contributed by atoms with Crippen LogP contribution in [0.5, 0.6) is 0 Å². The summed E-state index contributed by atoms with van der Waals surface area (Å²) in [6.45, 7) is 1.51. The van der Waals surface area contributed by atoms with Crippen molar-refractivity contribution >= 4 is 51.8 Å². The van der Waals surface area contributed by atoms with Crippen LogP contribution in [0.4, 0.5) is 0 Å². The first-order valence-electron chi connectivity index (χ1n) is 5.09. The van der Waals surface area contributed by atoms with Crippen LogP contribution in [0.25, 0.3) is 11.0 Å². The van der Waals surface area contributed by atoms with Crippen LogP contribution >= 0.6 is 34.8 Å². The Balaban J connectivity index is 2.77. The molecular weight excluding hydrogens is 298 g/mol. The number of carboxylic acid groups (broad SMARTS) is 1. The molecule has 0 spiro atoms. The molecule has 96 valence electrons. The summed E-state index contributed by atoms with van der Waals surface area (Å²) in [6, 6.07) is 6.16. The maximum atomic E-state index is 11.1. The number of benzene rings is 1. The van der Waals surface area contributed by atoms with Crippen molar-refractivity contribution < 1.29 is 9.90 Å². The van der Waals surface area contributed by atoms with Crippen molar-refractivity contribution in [3.8, 4) is 0 Å². The van der Waals surface area contributed by atoms with Crippen molar-refractivity contribution in [3.63, 3.8) is 0 Å². The lowest BCUT2D eigenvalue weighted by Gasteiger charge is -2.17. The second-order valence-corrected chi connectivity index (χ2v) is 6.09. The number of rotatable bonds is 2. The molecule has 0 saturated carbocycles. The number of hydrogen-bond donors (Lipinski definition) is 1. The van der Waals surface area contributed by atoms with Crippen LogP contribution in [0.15, 0.2) is 24.3 Å². The fourth-order valence-corrected chi connectivity index (χ4v) is 2.15. The number of carboxylic acids is 1. The van der Waals surface area contributed by atoms with Crippen molar-refractivity contribution in [1.82, 2.24) is 9.55 Å². The van der Waals surface area contributed by atoms with Crippen molar-refractivity contribution in [3.05, 3.63) is 30.1 Å². The second-order valence-electron chi connectivity index (χ2n) is 3.81. The molecule has 0 aliphatic heterocycles. The zero-order chi connectivity index (χ0) is 13.5. The molecule has 0 aliphatic carbocycles. The van der Waals surface area contributed by atoms with E-state index in [1.807, 2.05) is 0 Å². The molecule has 1 unspecified atom stereocenters. The minimum absolute atomic E-state index is 0.101. The van der Waals surface area contributed by atoms with E-state index < -0.39 is 15.8 Å². The summed E-state index contributed by atoms with van der Waals surface area (Å²) in [6.07, 6.45) is 0. The van der Waals surface area contributed by atoms with E-state index in [-0.39, 0.29) is 5.82 Å². The molecule has 1 atom stereocenters. The Morgan fingerprint density at radius 2 is 2.00 bits per heavy atom. The van der Waals surface area contributed by atoms with Gasteiger partial charge in [-0.05, 0) is 19.1 Å². The highest BCUT2D eigenvalue weighted by atomic mass is 35.6. The highest BCUT2D eigenvalue weighted by molar-refractivity contribution is 6.66. The lowest BCUT2D eigenvalue weighted by atomic mass is 10.3. The number of alkyl halides is 3. The lowest BCUT2D eigenvalue weighted by molar-refractivity contribution is -0.140. The zero-order valence-corrected chi connectivity index (χ0v) is 11.5. The van der Waals surface area contributed by atoms with Gasteiger partial charge >= 0.3 is 5.97 Å². The Labute approximate surface area is 118 Å². The number of fused-ring (bicyclic) bond motifs is 1. The standard InChI is InChI=1S/C11H9Cl3N2O2/c1-6(9(17)18)16-8-5-3-2-4-7(8)15-10(16)11(12,13)14/h2-6H,1H3,(H,17,18). The quantitative estimate of drug-likeness (QED) is 0.864. The molecule has 0 radical (unpaired) electrons. The summed E-state index contributed by atoms with van der Waals surface area (Å²) in [5.74, 6) is -0.919. The molecule has 1 aromatic heterocycles. The first kappa shape index (κ1) is 13.5. The highest BCUT2D eigenvalue weighted by Gasteiger charge is 2.33. The van der Waals surface area contributed by atoms with Gasteiger partial charge in [0.1, 0.15) is 6.04 Å². The molecule has 18 heavy (non-hydrogen) atoms. The number of imidazole rings is 1. The third kappa shape index (κ3) is 2.28. The first-order valence-corrected chi connectivity index (χ1v) is 6.22. The Kier molecular flexibility index (Phi) is 3.45. The van der Waals surface area contributed by atoms with E-state index in [0.717, 1.165) is 0 Å². The van der Waals surface area contributed by atoms with E-state index in [2.05, 4.69) is 4.98 Å². The van der Waals surface area contributed by atoms with Crippen molar-refractivity contribution in [1.29, 1.82) is 0 Å². The van der Waals surface area contributed by atoms with Crippen LogP contribution in [0, 0.1) is 0 Å². The smallest absolute Gasteiger partial charge is 0.326 e. The number of hydrogen-bond acceptors (Lipinski definition) is 2. The maximum absolute atomic E-state index is 11.1. The largest absolute Gasteiger partial charge is 0.480 e. The van der Waals surface area contributed by atoms with Crippen molar-refractivity contribution in [2.24, 2.45) is 0 Å². The van der Waals surface area contributed by atoms with Gasteiger partial charge in [0.2, 0.25) is 3.79 Å². The average molecular weight is 308 g/mol. The van der Waals surface area contributed by atoms with Gasteiger partial charge in [-0.25, -0.2) is 9.78 Å². The minimum atomic E-state index is -1.78. The Morgan fingerprint density at radius 1 is 1.39 bits per heavy atom. The van der Waals surface area contributed by atoms with E-state index in [9.17, 15) is 4.79 Å². The fraction of sp³-hybridized carbons (Fsp3) is 0.273. The zero-order valence-electron chi connectivity index (χ0n) is 9.27. The second kappa shape index (κ2) is 4.61. The van der Waals surface area contributed by atoms with Crippen molar-refractivity contribution in [2.75, 3.05) is 0 Å². The minimum Gasteiger partial charge on any atom is -0.480 e. The van der Waals surface area contributed by atoms with Gasteiger partial charge in [0.25, 0.3) is 0 Å². The number of nitrogens with zero attached hydrogens (tertiary/aromatic N) is 2. The lowest BCUT2D eigenvalue weighted by Crippen LogP contribution is -2.21. The summed E-state index contributed by atoms with van der Waals surface area (Å²) < 4.78 is -0.354. The molecule has 0 bridgehead atoms. The first-order chi connectivity index (χ1) is 8.32. The SMILES string of the molecule is CC(C(=O)O)n1c(C(Cl)(Cl)Cl)nc2ccccc21. The maximum Gasteiger partial charge on any atom is 0.326 e. The third-order valence-electron chi connectivity index (χ3n) is 2.59. The number of para-hydroxylation sites is 2. The van der Waals surface area contributed by atoms with Crippen LogP contribution < -0.4 is 0 Å². The molecule has 7 heteroatoms. The molecule has 0 saturated heterocycles. The van der Waals surface area contributed by atoms with Gasteiger partial charge in [-0.15, -0.1) is 0 Å². The van der Waals surface area contributed by atoms with E-state index in [4.69, 9.17) is 39.9 Å². The highest BCUT2D eigenvalue weighted by Crippen LogP contribution is 2.40. The molecule has 1 aromatic carbocycles.